The number of nitrogens with zero attached hydrogens (tertiary/aromatic N) is 2. The Bertz CT molecular complexity index is 736. The molecule has 6 heteroatoms. The van der Waals surface area contributed by atoms with E-state index in [1.54, 1.807) is 42.0 Å². The molecule has 0 fully saturated rings. The third kappa shape index (κ3) is 3.28. The minimum absolute atomic E-state index is 0.00190. The van der Waals surface area contributed by atoms with Crippen molar-refractivity contribution in [3.63, 3.8) is 0 Å². The molecule has 0 aliphatic carbocycles. The van der Waals surface area contributed by atoms with Crippen molar-refractivity contribution in [2.45, 2.75) is 13.5 Å². The van der Waals surface area contributed by atoms with Crippen molar-refractivity contribution in [1.82, 2.24) is 9.47 Å². The molecule has 0 unspecified atom stereocenters. The summed E-state index contributed by atoms with van der Waals surface area (Å²) in [5.41, 5.74) is 0.553. The Labute approximate surface area is 121 Å². The average molecular weight is 288 g/mol. The van der Waals surface area contributed by atoms with Gasteiger partial charge in [0.1, 0.15) is 13.1 Å². The smallest absolute Gasteiger partial charge is 0.323 e. The number of hydrogen-bond donors (Lipinski definition) is 1. The minimum atomic E-state index is -1.05. The summed E-state index contributed by atoms with van der Waals surface area (Å²) >= 11 is 0. The van der Waals surface area contributed by atoms with Gasteiger partial charge in [-0.3, -0.25) is 14.4 Å². The van der Waals surface area contributed by atoms with Crippen LogP contribution in [0, 0.1) is 0 Å². The van der Waals surface area contributed by atoms with E-state index in [0.717, 1.165) is 0 Å². The van der Waals surface area contributed by atoms with Crippen LogP contribution in [0.3, 0.4) is 0 Å². The lowest BCUT2D eigenvalue weighted by Crippen LogP contribution is -2.37. The van der Waals surface area contributed by atoms with E-state index in [1.807, 2.05) is 0 Å². The van der Waals surface area contributed by atoms with Crippen molar-refractivity contribution in [2.24, 2.45) is 0 Å². The molecular weight excluding hydrogens is 272 g/mol. The van der Waals surface area contributed by atoms with Crippen LogP contribution in [0.5, 0.6) is 0 Å². The van der Waals surface area contributed by atoms with Gasteiger partial charge in [-0.2, -0.15) is 0 Å². The van der Waals surface area contributed by atoms with E-state index in [1.165, 1.54) is 11.0 Å². The van der Waals surface area contributed by atoms with Crippen LogP contribution in [0.4, 0.5) is 0 Å². The Morgan fingerprint density at radius 2 is 1.95 bits per heavy atom. The van der Waals surface area contributed by atoms with Gasteiger partial charge in [-0.25, -0.2) is 0 Å². The van der Waals surface area contributed by atoms with E-state index in [0.29, 0.717) is 17.4 Å². The lowest BCUT2D eigenvalue weighted by Gasteiger charge is -2.20. The van der Waals surface area contributed by atoms with Gasteiger partial charge in [-0.1, -0.05) is 12.1 Å². The second-order valence-corrected chi connectivity index (χ2v) is 4.63. The van der Waals surface area contributed by atoms with Crippen molar-refractivity contribution < 1.29 is 14.7 Å². The van der Waals surface area contributed by atoms with Crippen LogP contribution < -0.4 is 5.43 Å². The Hall–Kier alpha value is -2.63. The van der Waals surface area contributed by atoms with Gasteiger partial charge in [0.15, 0.2) is 5.43 Å². The van der Waals surface area contributed by atoms with Gasteiger partial charge in [-0.05, 0) is 19.1 Å². The van der Waals surface area contributed by atoms with Crippen LogP contribution in [-0.2, 0) is 16.1 Å². The quantitative estimate of drug-likeness (QED) is 0.887. The van der Waals surface area contributed by atoms with E-state index in [2.05, 4.69) is 0 Å². The zero-order valence-corrected chi connectivity index (χ0v) is 11.7. The summed E-state index contributed by atoms with van der Waals surface area (Å²) in [6.07, 6.45) is 1.55. The number of pyridine rings is 1. The lowest BCUT2D eigenvalue weighted by molar-refractivity contribution is -0.144. The molecular formula is C15H16N2O4. The van der Waals surface area contributed by atoms with Crippen molar-refractivity contribution in [3.05, 3.63) is 46.8 Å². The molecule has 1 aromatic carbocycles. The first kappa shape index (κ1) is 14.8. The molecule has 0 atom stereocenters. The molecule has 1 aromatic heterocycles. The fourth-order valence-corrected chi connectivity index (χ4v) is 2.18. The normalized spacial score (nSPS) is 10.5. The Morgan fingerprint density at radius 3 is 2.62 bits per heavy atom. The number of carboxylic acid groups (broad SMARTS) is 1. The summed E-state index contributed by atoms with van der Waals surface area (Å²) in [6, 6.07) is 8.42. The molecule has 2 aromatic rings. The highest BCUT2D eigenvalue weighted by Gasteiger charge is 2.15. The molecule has 0 aliphatic rings. The maximum Gasteiger partial charge on any atom is 0.323 e. The SMILES string of the molecule is CCN(CC(=O)O)C(=O)Cn1ccc(=O)c2ccccc21. The van der Waals surface area contributed by atoms with Crippen LogP contribution in [-0.4, -0.2) is 39.5 Å². The summed E-state index contributed by atoms with van der Waals surface area (Å²) < 4.78 is 1.66. The summed E-state index contributed by atoms with van der Waals surface area (Å²) in [5.74, 6) is -1.34. The largest absolute Gasteiger partial charge is 0.480 e. The van der Waals surface area contributed by atoms with Crippen molar-refractivity contribution in [3.8, 4) is 0 Å². The first-order valence-electron chi connectivity index (χ1n) is 6.60. The second-order valence-electron chi connectivity index (χ2n) is 4.63. The zero-order chi connectivity index (χ0) is 15.4. The first-order valence-corrected chi connectivity index (χ1v) is 6.60. The molecule has 0 radical (unpaired) electrons. The second kappa shape index (κ2) is 6.21. The number of fused-ring (bicyclic) bond motifs is 1. The van der Waals surface area contributed by atoms with Gasteiger partial charge in [0.2, 0.25) is 5.91 Å². The molecule has 0 saturated carbocycles. The third-order valence-electron chi connectivity index (χ3n) is 3.25. The summed E-state index contributed by atoms with van der Waals surface area (Å²) in [6.45, 7) is 1.73. The van der Waals surface area contributed by atoms with Crippen LogP contribution in [0.2, 0.25) is 0 Å². The van der Waals surface area contributed by atoms with Crippen LogP contribution in [0.1, 0.15) is 6.92 Å². The number of carbonyl (C=O) groups is 2. The van der Waals surface area contributed by atoms with Crippen molar-refractivity contribution in [2.75, 3.05) is 13.1 Å². The van der Waals surface area contributed by atoms with E-state index in [4.69, 9.17) is 5.11 Å². The Kier molecular flexibility index (Phi) is 4.37. The number of amides is 1. The molecule has 0 bridgehead atoms. The summed E-state index contributed by atoms with van der Waals surface area (Å²) in [4.78, 5) is 35.9. The maximum absolute atomic E-state index is 12.2. The highest BCUT2D eigenvalue weighted by atomic mass is 16.4. The van der Waals surface area contributed by atoms with Crippen molar-refractivity contribution in [1.29, 1.82) is 0 Å². The fourth-order valence-electron chi connectivity index (χ4n) is 2.18. The lowest BCUT2D eigenvalue weighted by atomic mass is 10.2. The van der Waals surface area contributed by atoms with Crippen LogP contribution >= 0.6 is 0 Å². The molecule has 1 amide bonds. The van der Waals surface area contributed by atoms with Gasteiger partial charge in [-0.15, -0.1) is 0 Å². The molecule has 6 nitrogen and oxygen atoms in total. The van der Waals surface area contributed by atoms with Crippen molar-refractivity contribution >= 4 is 22.8 Å². The number of likely N-dealkylation sites (N-methyl/N-ethyl adjacent to an activating group) is 1. The number of aliphatic carboxylic acids is 1. The molecule has 1 N–H and O–H groups in total. The number of aromatic nitrogens is 1. The van der Waals surface area contributed by atoms with Gasteiger partial charge in [0.25, 0.3) is 0 Å². The molecule has 0 saturated heterocycles. The standard InChI is InChI=1S/C15H16N2O4/c1-2-16(10-15(20)21)14(19)9-17-8-7-13(18)11-5-3-4-6-12(11)17/h3-8H,2,9-10H2,1H3,(H,20,21). The molecule has 0 aliphatic heterocycles. The molecule has 0 spiro atoms. The Morgan fingerprint density at radius 1 is 1.24 bits per heavy atom. The number of benzene rings is 1. The van der Waals surface area contributed by atoms with E-state index >= 15 is 0 Å². The molecule has 2 rings (SSSR count). The van der Waals surface area contributed by atoms with Gasteiger partial charge < -0.3 is 14.6 Å². The first-order chi connectivity index (χ1) is 10.0. The summed E-state index contributed by atoms with van der Waals surface area (Å²) in [7, 11) is 0. The highest BCUT2D eigenvalue weighted by molar-refractivity contribution is 5.84. The van der Waals surface area contributed by atoms with Gasteiger partial charge >= 0.3 is 5.97 Å². The predicted octanol–water partition coefficient (Wildman–Crippen LogP) is 0.935. The summed E-state index contributed by atoms with van der Waals surface area (Å²) in [5, 5.41) is 9.33. The number of rotatable bonds is 5. The number of carbonyl (C=O) groups excluding carboxylic acids is 1. The topological polar surface area (TPSA) is 79.6 Å². The highest BCUT2D eigenvalue weighted by Crippen LogP contribution is 2.09. The van der Waals surface area contributed by atoms with Crippen LogP contribution in [0.25, 0.3) is 10.9 Å². The fraction of sp³-hybridized carbons (Fsp3) is 0.267. The van der Waals surface area contributed by atoms with Gasteiger partial charge in [0.05, 0.1) is 5.52 Å². The Balaban J connectivity index is 2.31. The predicted molar refractivity (Wildman–Crippen MR) is 78.1 cm³/mol. The van der Waals surface area contributed by atoms with Crippen LogP contribution in [0.15, 0.2) is 41.3 Å². The number of hydrogen-bond acceptors (Lipinski definition) is 3. The zero-order valence-electron chi connectivity index (χ0n) is 11.7. The third-order valence-corrected chi connectivity index (χ3v) is 3.25. The minimum Gasteiger partial charge on any atom is -0.480 e. The molecule has 110 valence electrons. The van der Waals surface area contributed by atoms with E-state index in [-0.39, 0.29) is 24.4 Å². The molecule has 21 heavy (non-hydrogen) atoms. The van der Waals surface area contributed by atoms with E-state index in [9.17, 15) is 14.4 Å². The van der Waals surface area contributed by atoms with Gasteiger partial charge in [0, 0.05) is 24.2 Å². The maximum atomic E-state index is 12.2. The number of carboxylic acids is 1. The number of para-hydroxylation sites is 1. The molecule has 1 heterocycles. The van der Waals surface area contributed by atoms with E-state index < -0.39 is 5.97 Å². The monoisotopic (exact) mass is 288 g/mol. The average Bonchev–Trinajstić information content (AvgIpc) is 2.47.